The van der Waals surface area contributed by atoms with E-state index in [0.29, 0.717) is 5.69 Å². The van der Waals surface area contributed by atoms with E-state index in [0.717, 1.165) is 23.0 Å². The third-order valence-electron chi connectivity index (χ3n) is 1.88. The number of hydrogen-bond acceptors (Lipinski definition) is 1. The highest BCUT2D eigenvalue weighted by Gasteiger charge is 2.16. The molecule has 0 radical (unpaired) electrons. The molecule has 1 heterocycles. The number of benzene rings is 1. The molecule has 1 aromatic carbocycles. The Bertz CT molecular complexity index is 274. The van der Waals surface area contributed by atoms with Crippen LogP contribution in [0.2, 0.25) is 0 Å². The normalized spacial score (nSPS) is 13.2. The molecule has 4 heteroatoms. The lowest BCUT2D eigenvalue weighted by Gasteiger charge is -2.01. The van der Waals surface area contributed by atoms with E-state index in [9.17, 15) is 4.39 Å². The fourth-order valence-corrected chi connectivity index (χ4v) is 1.87. The highest BCUT2D eigenvalue weighted by Crippen LogP contribution is 2.31. The summed E-state index contributed by atoms with van der Waals surface area (Å²) < 4.78 is 14.0. The first-order valence-electron chi connectivity index (χ1n) is 3.50. The summed E-state index contributed by atoms with van der Waals surface area (Å²) in [6.45, 7) is 0.842. The van der Waals surface area contributed by atoms with Gasteiger partial charge in [0.15, 0.2) is 0 Å². The lowest BCUT2D eigenvalue weighted by atomic mass is 10.2. The molecule has 1 nitrogen and oxygen atoms in total. The highest BCUT2D eigenvalue weighted by molar-refractivity contribution is 9.10. The topological polar surface area (TPSA) is 12.0 Å². The van der Waals surface area contributed by atoms with Crippen molar-refractivity contribution in [2.45, 2.75) is 6.42 Å². The van der Waals surface area contributed by atoms with Crippen molar-refractivity contribution < 1.29 is 4.39 Å². The van der Waals surface area contributed by atoms with E-state index in [1.165, 1.54) is 6.07 Å². The van der Waals surface area contributed by atoms with Crippen LogP contribution in [-0.2, 0) is 6.42 Å². The Kier molecular flexibility index (Phi) is 2.96. The standard InChI is InChI=1S/C8H7BrFN.ClH/c9-6-1-2-7(10)8-5(6)3-4-11-8;/h1-2,11H,3-4H2;1H. The van der Waals surface area contributed by atoms with Gasteiger partial charge in [0, 0.05) is 11.0 Å². The van der Waals surface area contributed by atoms with Crippen LogP contribution in [0.25, 0.3) is 0 Å². The molecule has 0 aliphatic carbocycles. The number of rotatable bonds is 0. The molecular formula is C8H8BrClFN. The van der Waals surface area contributed by atoms with Crippen molar-refractivity contribution in [2.24, 2.45) is 0 Å². The summed E-state index contributed by atoms with van der Waals surface area (Å²) in [5, 5.41) is 3.00. The Labute approximate surface area is 84.9 Å². The summed E-state index contributed by atoms with van der Waals surface area (Å²) in [5.41, 5.74) is 1.73. The maximum Gasteiger partial charge on any atom is 0.146 e. The van der Waals surface area contributed by atoms with Crippen LogP contribution >= 0.6 is 28.3 Å². The minimum atomic E-state index is -0.152. The summed E-state index contributed by atoms with van der Waals surface area (Å²) in [4.78, 5) is 0. The monoisotopic (exact) mass is 251 g/mol. The molecule has 2 rings (SSSR count). The molecule has 0 saturated heterocycles. The molecule has 1 N–H and O–H groups in total. The van der Waals surface area contributed by atoms with Crippen LogP contribution in [0.5, 0.6) is 0 Å². The van der Waals surface area contributed by atoms with Crippen molar-refractivity contribution in [3.05, 3.63) is 28.0 Å². The van der Waals surface area contributed by atoms with Crippen molar-refractivity contribution in [1.82, 2.24) is 0 Å². The van der Waals surface area contributed by atoms with Gasteiger partial charge >= 0.3 is 0 Å². The number of anilines is 1. The maximum atomic E-state index is 13.0. The molecular weight excluding hydrogens is 244 g/mol. The van der Waals surface area contributed by atoms with E-state index in [1.807, 2.05) is 0 Å². The van der Waals surface area contributed by atoms with Crippen LogP contribution in [0.1, 0.15) is 5.56 Å². The zero-order valence-electron chi connectivity index (χ0n) is 6.23. The van der Waals surface area contributed by atoms with Crippen LogP contribution in [0.4, 0.5) is 10.1 Å². The first-order valence-corrected chi connectivity index (χ1v) is 4.29. The Morgan fingerprint density at radius 1 is 1.42 bits per heavy atom. The predicted molar refractivity (Wildman–Crippen MR) is 53.5 cm³/mol. The summed E-state index contributed by atoms with van der Waals surface area (Å²) in [6, 6.07) is 3.22. The van der Waals surface area contributed by atoms with Crippen LogP contribution in [0.15, 0.2) is 16.6 Å². The molecule has 0 saturated carbocycles. The van der Waals surface area contributed by atoms with Gasteiger partial charge in [0.05, 0.1) is 5.69 Å². The van der Waals surface area contributed by atoms with Gasteiger partial charge in [-0.25, -0.2) is 4.39 Å². The van der Waals surface area contributed by atoms with Gasteiger partial charge in [-0.1, -0.05) is 15.9 Å². The minimum absolute atomic E-state index is 0. The molecule has 0 aromatic heterocycles. The lowest BCUT2D eigenvalue weighted by Crippen LogP contribution is -1.92. The average molecular weight is 253 g/mol. The zero-order valence-corrected chi connectivity index (χ0v) is 8.64. The maximum absolute atomic E-state index is 13.0. The first-order chi connectivity index (χ1) is 5.29. The van der Waals surface area contributed by atoms with Crippen LogP contribution in [-0.4, -0.2) is 6.54 Å². The van der Waals surface area contributed by atoms with E-state index in [4.69, 9.17) is 0 Å². The fraction of sp³-hybridized carbons (Fsp3) is 0.250. The second kappa shape index (κ2) is 3.62. The summed E-state index contributed by atoms with van der Waals surface area (Å²) >= 11 is 3.37. The first kappa shape index (κ1) is 9.81. The predicted octanol–water partition coefficient (Wildman–Crippen LogP) is 2.98. The number of halogens is 3. The van der Waals surface area contributed by atoms with Crippen molar-refractivity contribution in [2.75, 3.05) is 11.9 Å². The van der Waals surface area contributed by atoms with E-state index < -0.39 is 0 Å². The van der Waals surface area contributed by atoms with Gasteiger partial charge in [-0.3, -0.25) is 0 Å². The Balaban J connectivity index is 0.000000720. The van der Waals surface area contributed by atoms with Crippen LogP contribution < -0.4 is 5.32 Å². The summed E-state index contributed by atoms with van der Waals surface area (Å²) in [5.74, 6) is -0.152. The minimum Gasteiger partial charge on any atom is -0.382 e. The lowest BCUT2D eigenvalue weighted by molar-refractivity contribution is 0.631. The molecule has 0 unspecified atom stereocenters. The molecule has 0 atom stereocenters. The van der Waals surface area contributed by atoms with Crippen molar-refractivity contribution in [3.8, 4) is 0 Å². The molecule has 0 bridgehead atoms. The molecule has 12 heavy (non-hydrogen) atoms. The molecule has 0 amide bonds. The second-order valence-electron chi connectivity index (χ2n) is 2.56. The van der Waals surface area contributed by atoms with Gasteiger partial charge < -0.3 is 5.32 Å². The molecule has 66 valence electrons. The Morgan fingerprint density at radius 3 is 2.83 bits per heavy atom. The van der Waals surface area contributed by atoms with Gasteiger partial charge in [-0.05, 0) is 24.1 Å². The van der Waals surface area contributed by atoms with Gasteiger partial charge in [0.1, 0.15) is 5.82 Å². The Morgan fingerprint density at radius 2 is 2.17 bits per heavy atom. The van der Waals surface area contributed by atoms with E-state index >= 15 is 0 Å². The van der Waals surface area contributed by atoms with E-state index in [1.54, 1.807) is 6.07 Å². The molecule has 1 aliphatic rings. The summed E-state index contributed by atoms with van der Waals surface area (Å²) in [6.07, 6.45) is 0.910. The fourth-order valence-electron chi connectivity index (χ4n) is 1.34. The van der Waals surface area contributed by atoms with Crippen molar-refractivity contribution in [3.63, 3.8) is 0 Å². The molecule has 0 spiro atoms. The molecule has 0 fully saturated rings. The van der Waals surface area contributed by atoms with E-state index in [2.05, 4.69) is 21.2 Å². The highest BCUT2D eigenvalue weighted by atomic mass is 79.9. The smallest absolute Gasteiger partial charge is 0.146 e. The van der Waals surface area contributed by atoms with Crippen molar-refractivity contribution in [1.29, 1.82) is 0 Å². The largest absolute Gasteiger partial charge is 0.382 e. The number of hydrogen-bond donors (Lipinski definition) is 1. The SMILES string of the molecule is Cl.Fc1ccc(Br)c2c1NCC2. The third-order valence-corrected chi connectivity index (χ3v) is 2.62. The quantitative estimate of drug-likeness (QED) is 0.748. The van der Waals surface area contributed by atoms with Crippen LogP contribution in [0, 0.1) is 5.82 Å². The Hall–Kier alpha value is -0.280. The van der Waals surface area contributed by atoms with Crippen molar-refractivity contribution >= 4 is 34.0 Å². The molecule has 1 aliphatic heterocycles. The summed E-state index contributed by atoms with van der Waals surface area (Å²) in [7, 11) is 0. The van der Waals surface area contributed by atoms with E-state index in [-0.39, 0.29) is 18.2 Å². The van der Waals surface area contributed by atoms with Gasteiger partial charge in [-0.2, -0.15) is 0 Å². The third kappa shape index (κ3) is 1.43. The second-order valence-corrected chi connectivity index (χ2v) is 3.41. The van der Waals surface area contributed by atoms with Crippen LogP contribution in [0.3, 0.4) is 0 Å². The molecule has 1 aromatic rings. The van der Waals surface area contributed by atoms with Gasteiger partial charge in [0.25, 0.3) is 0 Å². The number of nitrogens with one attached hydrogen (secondary N) is 1. The average Bonchev–Trinajstić information content (AvgIpc) is 2.45. The van der Waals surface area contributed by atoms with Gasteiger partial charge in [0.2, 0.25) is 0 Å². The number of fused-ring (bicyclic) bond motifs is 1. The zero-order chi connectivity index (χ0) is 7.84. The van der Waals surface area contributed by atoms with Gasteiger partial charge in [-0.15, -0.1) is 12.4 Å².